The molecule has 2 aliphatic rings. The summed E-state index contributed by atoms with van der Waals surface area (Å²) in [5.74, 6) is 2.24. The van der Waals surface area contributed by atoms with Crippen molar-refractivity contribution in [3.05, 3.63) is 0 Å². The molecule has 2 aliphatic carbocycles. The molecule has 0 radical (unpaired) electrons. The summed E-state index contributed by atoms with van der Waals surface area (Å²) in [6, 6.07) is 0. The monoisotopic (exact) mass is 244 g/mol. The minimum Gasteiger partial charge on any atom is -0.299 e. The van der Waals surface area contributed by atoms with Gasteiger partial charge in [-0.05, 0) is 24.7 Å². The van der Waals surface area contributed by atoms with Crippen molar-refractivity contribution in [2.75, 3.05) is 0 Å². The summed E-state index contributed by atoms with van der Waals surface area (Å²) in [5.41, 5.74) is -0.0438. The maximum Gasteiger partial charge on any atom is 0.142 e. The minimum absolute atomic E-state index is 0.0438. The van der Waals surface area contributed by atoms with E-state index < -0.39 is 0 Å². The van der Waals surface area contributed by atoms with Gasteiger partial charge in [-0.25, -0.2) is 0 Å². The maximum absolute atomic E-state index is 12.0. The average molecular weight is 245 g/mol. The van der Waals surface area contributed by atoms with E-state index in [0.29, 0.717) is 28.4 Å². The van der Waals surface area contributed by atoms with Crippen LogP contribution in [-0.4, -0.2) is 10.6 Å². The summed E-state index contributed by atoms with van der Waals surface area (Å²) in [5, 5.41) is 0. The smallest absolute Gasteiger partial charge is 0.142 e. The predicted molar refractivity (Wildman–Crippen MR) is 56.9 cm³/mol. The lowest BCUT2D eigenvalue weighted by molar-refractivity contribution is -0.130. The molecule has 13 heavy (non-hydrogen) atoms. The SMILES string of the molecule is C[C@H](Br)[C@H]1[C@@H]2CCC(C)(C)C(=O)[C@@H]21. The second-order valence-electron chi connectivity index (χ2n) is 5.23. The number of Topliss-reactive ketones (excluding diaryl/α,β-unsaturated/α-hetero) is 1. The van der Waals surface area contributed by atoms with Crippen molar-refractivity contribution in [2.45, 2.75) is 38.4 Å². The molecule has 0 aromatic rings. The fraction of sp³-hybridized carbons (Fsp3) is 0.909. The fourth-order valence-electron chi connectivity index (χ4n) is 2.87. The number of hydrogen-bond acceptors (Lipinski definition) is 1. The fourth-order valence-corrected chi connectivity index (χ4v) is 3.59. The molecule has 0 saturated heterocycles. The first-order chi connectivity index (χ1) is 5.95. The Balaban J connectivity index is 2.13. The molecule has 0 amide bonds. The van der Waals surface area contributed by atoms with Gasteiger partial charge in [0.15, 0.2) is 0 Å². The number of carbonyl (C=O) groups is 1. The van der Waals surface area contributed by atoms with Crippen LogP contribution in [-0.2, 0) is 4.79 Å². The predicted octanol–water partition coefficient (Wildman–Crippen LogP) is 3.02. The van der Waals surface area contributed by atoms with E-state index in [1.807, 2.05) is 0 Å². The van der Waals surface area contributed by atoms with Gasteiger partial charge in [0.2, 0.25) is 0 Å². The molecule has 0 aromatic heterocycles. The molecule has 0 bridgehead atoms. The first kappa shape index (κ1) is 9.70. The molecule has 1 nitrogen and oxygen atoms in total. The van der Waals surface area contributed by atoms with Crippen LogP contribution in [0.25, 0.3) is 0 Å². The first-order valence-corrected chi connectivity index (χ1v) is 6.05. The van der Waals surface area contributed by atoms with Crippen LogP contribution in [0, 0.1) is 23.2 Å². The van der Waals surface area contributed by atoms with Gasteiger partial charge in [-0.2, -0.15) is 0 Å². The van der Waals surface area contributed by atoms with Crippen LogP contribution in [0.3, 0.4) is 0 Å². The summed E-state index contributed by atoms with van der Waals surface area (Å²) in [6.07, 6.45) is 2.34. The number of halogens is 1. The Labute approximate surface area is 88.4 Å². The Kier molecular flexibility index (Phi) is 2.10. The summed E-state index contributed by atoms with van der Waals surface area (Å²) in [6.45, 7) is 6.36. The topological polar surface area (TPSA) is 17.1 Å². The summed E-state index contributed by atoms with van der Waals surface area (Å²) in [7, 11) is 0. The van der Waals surface area contributed by atoms with Gasteiger partial charge in [-0.3, -0.25) is 4.79 Å². The highest BCUT2D eigenvalue weighted by Crippen LogP contribution is 2.60. The van der Waals surface area contributed by atoms with E-state index >= 15 is 0 Å². The normalized spacial score (nSPS) is 44.0. The van der Waals surface area contributed by atoms with Crippen LogP contribution in [0.1, 0.15) is 33.6 Å². The minimum atomic E-state index is -0.0438. The van der Waals surface area contributed by atoms with Crippen LogP contribution in [0.15, 0.2) is 0 Å². The lowest BCUT2D eigenvalue weighted by atomic mass is 9.76. The van der Waals surface area contributed by atoms with Crippen LogP contribution in [0.5, 0.6) is 0 Å². The van der Waals surface area contributed by atoms with Crippen molar-refractivity contribution in [3.8, 4) is 0 Å². The van der Waals surface area contributed by atoms with Gasteiger partial charge in [0.05, 0.1) is 0 Å². The zero-order chi connectivity index (χ0) is 9.80. The van der Waals surface area contributed by atoms with Gasteiger partial charge in [-0.15, -0.1) is 0 Å². The van der Waals surface area contributed by atoms with E-state index in [0.717, 1.165) is 6.42 Å². The van der Waals surface area contributed by atoms with Gasteiger partial charge < -0.3 is 0 Å². The number of carbonyl (C=O) groups excluding carboxylic acids is 1. The molecule has 0 spiro atoms. The van der Waals surface area contributed by atoms with Gasteiger partial charge in [0.25, 0.3) is 0 Å². The van der Waals surface area contributed by atoms with E-state index in [1.54, 1.807) is 0 Å². The lowest BCUT2D eigenvalue weighted by Crippen LogP contribution is -2.30. The number of rotatable bonds is 1. The second kappa shape index (κ2) is 2.82. The Morgan fingerprint density at radius 1 is 1.54 bits per heavy atom. The van der Waals surface area contributed by atoms with Crippen molar-refractivity contribution in [3.63, 3.8) is 0 Å². The van der Waals surface area contributed by atoms with Crippen molar-refractivity contribution >= 4 is 21.7 Å². The summed E-state index contributed by atoms with van der Waals surface area (Å²) >= 11 is 3.60. The third-order valence-corrected chi connectivity index (χ3v) is 4.44. The highest BCUT2D eigenvalue weighted by atomic mass is 79.9. The molecule has 0 N–H and O–H groups in total. The van der Waals surface area contributed by atoms with E-state index in [9.17, 15) is 4.79 Å². The molecule has 74 valence electrons. The molecule has 0 aliphatic heterocycles. The zero-order valence-electron chi connectivity index (χ0n) is 8.51. The Hall–Kier alpha value is 0.150. The third-order valence-electron chi connectivity index (χ3n) is 3.83. The molecule has 2 fully saturated rings. The summed E-state index contributed by atoms with van der Waals surface area (Å²) in [4.78, 5) is 12.5. The van der Waals surface area contributed by atoms with E-state index in [2.05, 4.69) is 36.7 Å². The highest BCUT2D eigenvalue weighted by molar-refractivity contribution is 9.09. The van der Waals surface area contributed by atoms with Crippen molar-refractivity contribution in [1.82, 2.24) is 0 Å². The van der Waals surface area contributed by atoms with Gasteiger partial charge >= 0.3 is 0 Å². The lowest BCUT2D eigenvalue weighted by Gasteiger charge is -2.26. The van der Waals surface area contributed by atoms with Crippen molar-refractivity contribution in [1.29, 1.82) is 0 Å². The van der Waals surface area contributed by atoms with Crippen LogP contribution in [0.4, 0.5) is 0 Å². The van der Waals surface area contributed by atoms with Gasteiger partial charge in [0.1, 0.15) is 5.78 Å². The molecular formula is C11H17BrO. The zero-order valence-corrected chi connectivity index (χ0v) is 10.1. The molecule has 2 heteroatoms. The van der Waals surface area contributed by atoms with Crippen LogP contribution >= 0.6 is 15.9 Å². The number of hydrogen-bond donors (Lipinski definition) is 0. The molecular weight excluding hydrogens is 228 g/mol. The van der Waals surface area contributed by atoms with Crippen LogP contribution < -0.4 is 0 Å². The second-order valence-corrected chi connectivity index (χ2v) is 6.68. The Morgan fingerprint density at radius 3 is 2.69 bits per heavy atom. The molecule has 0 unspecified atom stereocenters. The highest BCUT2D eigenvalue weighted by Gasteiger charge is 2.61. The molecule has 2 rings (SSSR count). The molecule has 0 heterocycles. The number of alkyl halides is 1. The number of fused-ring (bicyclic) bond motifs is 1. The third kappa shape index (κ3) is 1.38. The molecule has 4 atom stereocenters. The van der Waals surface area contributed by atoms with Gasteiger partial charge in [0, 0.05) is 16.2 Å². The largest absolute Gasteiger partial charge is 0.299 e. The van der Waals surface area contributed by atoms with E-state index in [1.165, 1.54) is 6.42 Å². The van der Waals surface area contributed by atoms with E-state index in [-0.39, 0.29) is 5.41 Å². The Bertz CT molecular complexity index is 244. The quantitative estimate of drug-likeness (QED) is 0.649. The standard InChI is InChI=1S/C11H17BrO/c1-6(12)8-7-4-5-11(2,3)10(13)9(7)8/h6-9H,4-5H2,1-3H3/t6-,7-,8-,9-/m0/s1. The maximum atomic E-state index is 12.0. The molecule has 0 aromatic carbocycles. The van der Waals surface area contributed by atoms with Crippen LogP contribution in [0.2, 0.25) is 0 Å². The summed E-state index contributed by atoms with van der Waals surface area (Å²) < 4.78 is 0. The van der Waals surface area contributed by atoms with E-state index in [4.69, 9.17) is 0 Å². The molecule has 2 saturated carbocycles. The Morgan fingerprint density at radius 2 is 2.15 bits per heavy atom. The van der Waals surface area contributed by atoms with Gasteiger partial charge in [-0.1, -0.05) is 36.7 Å². The first-order valence-electron chi connectivity index (χ1n) is 5.13. The van der Waals surface area contributed by atoms with Crippen molar-refractivity contribution in [2.24, 2.45) is 23.2 Å². The van der Waals surface area contributed by atoms with Crippen molar-refractivity contribution < 1.29 is 4.79 Å². The average Bonchev–Trinajstić information content (AvgIpc) is 2.72. The number of ketones is 1.